The fourth-order valence-corrected chi connectivity index (χ4v) is 3.93. The summed E-state index contributed by atoms with van der Waals surface area (Å²) in [5.41, 5.74) is 0.332. The van der Waals surface area contributed by atoms with Crippen LogP contribution in [-0.2, 0) is 21.3 Å². The molecule has 4 rings (SSSR count). The predicted molar refractivity (Wildman–Crippen MR) is 124 cm³/mol. The number of aromatic nitrogens is 5. The van der Waals surface area contributed by atoms with Crippen LogP contribution in [0.1, 0.15) is 38.4 Å². The lowest BCUT2D eigenvalue weighted by molar-refractivity contribution is -0.138. The molecule has 3 heterocycles. The van der Waals surface area contributed by atoms with Gasteiger partial charge in [-0.15, -0.1) is 0 Å². The minimum absolute atomic E-state index is 0.133. The number of methoxy groups -OCH3 is 1. The van der Waals surface area contributed by atoms with E-state index in [-0.39, 0.29) is 34.6 Å². The van der Waals surface area contributed by atoms with Crippen LogP contribution in [-0.4, -0.2) is 49.4 Å². The maximum atomic E-state index is 13.9. The van der Waals surface area contributed by atoms with E-state index >= 15 is 0 Å². The Labute approximate surface area is 205 Å². The van der Waals surface area contributed by atoms with E-state index in [1.165, 1.54) is 30.2 Å². The molecule has 1 aliphatic carbocycles. The monoisotopic (exact) mass is 501 g/mol. The van der Waals surface area contributed by atoms with Crippen LogP contribution in [0.3, 0.4) is 0 Å². The molecule has 3 aromatic rings. The molecule has 3 aromatic heterocycles. The molecule has 13 heteroatoms. The second kappa shape index (κ2) is 9.93. The van der Waals surface area contributed by atoms with Crippen molar-refractivity contribution in [3.8, 4) is 11.4 Å². The summed E-state index contributed by atoms with van der Waals surface area (Å²) in [7, 11) is 3.21. The van der Waals surface area contributed by atoms with E-state index in [2.05, 4.69) is 30.7 Å². The molecule has 190 valence electrons. The summed E-state index contributed by atoms with van der Waals surface area (Å²) < 4.78 is 39.2. The first-order valence-electron chi connectivity index (χ1n) is 11.1. The number of nitrogens with one attached hydrogen (secondary N) is 2. The summed E-state index contributed by atoms with van der Waals surface area (Å²) in [5, 5.41) is 9.42. The van der Waals surface area contributed by atoms with Crippen molar-refractivity contribution in [3.63, 3.8) is 0 Å². The highest BCUT2D eigenvalue weighted by Crippen LogP contribution is 2.40. The minimum Gasteiger partial charge on any atom is -0.441 e. The number of carbonyl (C=O) groups is 2. The quantitative estimate of drug-likeness (QED) is 0.469. The van der Waals surface area contributed by atoms with Crippen LogP contribution in [0.4, 0.5) is 25.1 Å². The Balaban J connectivity index is 1.41. The van der Waals surface area contributed by atoms with Gasteiger partial charge < -0.3 is 14.8 Å². The van der Waals surface area contributed by atoms with Gasteiger partial charge in [0.05, 0.1) is 47.2 Å². The molecule has 1 unspecified atom stereocenters. The minimum atomic E-state index is -1.11. The third-order valence-corrected chi connectivity index (χ3v) is 6.09. The van der Waals surface area contributed by atoms with Gasteiger partial charge in [-0.3, -0.25) is 14.8 Å². The van der Waals surface area contributed by atoms with E-state index < -0.39 is 24.0 Å². The number of carbonyl (C=O) groups excluding carboxylic acids is 2. The van der Waals surface area contributed by atoms with Gasteiger partial charge in [0.2, 0.25) is 11.9 Å². The first-order chi connectivity index (χ1) is 17.1. The number of nitrogens with zero attached hydrogens (tertiary/aromatic N) is 5. The van der Waals surface area contributed by atoms with Crippen LogP contribution in [0.2, 0.25) is 0 Å². The Kier molecular flexibility index (Phi) is 6.93. The van der Waals surface area contributed by atoms with Gasteiger partial charge in [0.25, 0.3) is 0 Å². The highest BCUT2D eigenvalue weighted by molar-refractivity contribution is 5.93. The highest BCUT2D eigenvalue weighted by atomic mass is 19.1. The lowest BCUT2D eigenvalue weighted by atomic mass is 9.71. The number of hydrogen-bond acceptors (Lipinski definition) is 8. The SMILES string of the molecule is COC1(C)CC(C(=O)Nc2cnc(-c3cnn(C)c3NC(=O)OC(C)c3cc(F)cnc3F)nc2)C1. The van der Waals surface area contributed by atoms with Gasteiger partial charge in [-0.2, -0.15) is 9.49 Å². The number of pyridine rings is 1. The standard InChI is InChI=1S/C23H25F2N7O4/c1-12(16-5-14(24)8-26-18(16)25)36-22(34)31-20-17(11-29-32(20)3)19-27-9-15(10-28-19)30-21(33)13-6-23(2,7-13)35-4/h5,8-13H,6-7H2,1-4H3,(H,30,33)(H,31,34). The summed E-state index contributed by atoms with van der Waals surface area (Å²) in [4.78, 5) is 36.7. The third kappa shape index (κ3) is 5.30. The van der Waals surface area contributed by atoms with Crippen molar-refractivity contribution in [2.75, 3.05) is 17.7 Å². The topological polar surface area (TPSA) is 133 Å². The number of ether oxygens (including phenoxy) is 2. The average Bonchev–Trinajstić information content (AvgIpc) is 3.18. The molecule has 0 spiro atoms. The van der Waals surface area contributed by atoms with Crippen LogP contribution >= 0.6 is 0 Å². The Bertz CT molecular complexity index is 1280. The number of aryl methyl sites for hydroxylation is 1. The second-order valence-corrected chi connectivity index (χ2v) is 8.78. The van der Waals surface area contributed by atoms with E-state index in [4.69, 9.17) is 9.47 Å². The lowest BCUT2D eigenvalue weighted by Gasteiger charge is -2.42. The molecule has 11 nitrogen and oxygen atoms in total. The molecule has 36 heavy (non-hydrogen) atoms. The number of halogens is 2. The van der Waals surface area contributed by atoms with Gasteiger partial charge in [-0.05, 0) is 32.8 Å². The molecular weight excluding hydrogens is 476 g/mol. The lowest BCUT2D eigenvalue weighted by Crippen LogP contribution is -2.47. The van der Waals surface area contributed by atoms with Crippen molar-refractivity contribution in [2.45, 2.75) is 38.4 Å². The molecule has 2 amide bonds. The first-order valence-corrected chi connectivity index (χ1v) is 11.1. The van der Waals surface area contributed by atoms with Gasteiger partial charge >= 0.3 is 6.09 Å². The van der Waals surface area contributed by atoms with E-state index in [9.17, 15) is 18.4 Å². The van der Waals surface area contributed by atoms with Crippen molar-refractivity contribution < 1.29 is 27.8 Å². The number of hydrogen-bond donors (Lipinski definition) is 2. The van der Waals surface area contributed by atoms with E-state index in [1.807, 2.05) is 6.92 Å². The molecule has 1 saturated carbocycles. The third-order valence-electron chi connectivity index (χ3n) is 6.09. The number of amides is 2. The van der Waals surface area contributed by atoms with Crippen LogP contribution in [0.25, 0.3) is 11.4 Å². The largest absolute Gasteiger partial charge is 0.441 e. The Hall–Kier alpha value is -4.00. The van der Waals surface area contributed by atoms with Crippen LogP contribution in [0.5, 0.6) is 0 Å². The summed E-state index contributed by atoms with van der Waals surface area (Å²) in [6.45, 7) is 3.35. The predicted octanol–water partition coefficient (Wildman–Crippen LogP) is 3.61. The maximum Gasteiger partial charge on any atom is 0.413 e. The summed E-state index contributed by atoms with van der Waals surface area (Å²) in [6, 6.07) is 0.908. The van der Waals surface area contributed by atoms with Gasteiger partial charge in [-0.1, -0.05) is 0 Å². The zero-order chi connectivity index (χ0) is 26.0. The summed E-state index contributed by atoms with van der Waals surface area (Å²) in [6.07, 6.45) is 4.31. The Morgan fingerprint density at radius 3 is 2.50 bits per heavy atom. The van der Waals surface area contributed by atoms with Crippen LogP contribution in [0, 0.1) is 17.7 Å². The zero-order valence-electron chi connectivity index (χ0n) is 20.1. The van der Waals surface area contributed by atoms with E-state index in [0.717, 1.165) is 12.3 Å². The average molecular weight is 501 g/mol. The van der Waals surface area contributed by atoms with Crippen molar-refractivity contribution >= 4 is 23.5 Å². The molecular formula is C23H25F2N7O4. The normalized spacial score (nSPS) is 19.8. The number of anilines is 2. The van der Waals surface area contributed by atoms with E-state index in [0.29, 0.717) is 24.1 Å². The Morgan fingerprint density at radius 2 is 1.83 bits per heavy atom. The molecule has 0 bridgehead atoms. The second-order valence-electron chi connectivity index (χ2n) is 8.78. The fraction of sp³-hybridized carbons (Fsp3) is 0.391. The molecule has 1 fully saturated rings. The highest BCUT2D eigenvalue weighted by Gasteiger charge is 2.44. The molecule has 1 atom stereocenters. The van der Waals surface area contributed by atoms with Gasteiger partial charge in [0.1, 0.15) is 17.7 Å². The molecule has 0 saturated heterocycles. The summed E-state index contributed by atoms with van der Waals surface area (Å²) >= 11 is 0. The van der Waals surface area contributed by atoms with Crippen molar-refractivity contribution in [1.29, 1.82) is 0 Å². The molecule has 1 aliphatic rings. The van der Waals surface area contributed by atoms with Crippen molar-refractivity contribution in [1.82, 2.24) is 24.7 Å². The van der Waals surface area contributed by atoms with Gasteiger partial charge in [0, 0.05) is 20.1 Å². The van der Waals surface area contributed by atoms with Crippen molar-refractivity contribution in [3.05, 3.63) is 48.2 Å². The molecule has 0 aromatic carbocycles. The Morgan fingerprint density at radius 1 is 1.14 bits per heavy atom. The summed E-state index contributed by atoms with van der Waals surface area (Å²) in [5.74, 6) is -1.52. The van der Waals surface area contributed by atoms with Gasteiger partial charge in [-0.25, -0.2) is 24.1 Å². The zero-order valence-corrected chi connectivity index (χ0v) is 20.1. The smallest absolute Gasteiger partial charge is 0.413 e. The fourth-order valence-electron chi connectivity index (χ4n) is 3.93. The van der Waals surface area contributed by atoms with Crippen LogP contribution in [0.15, 0.2) is 30.9 Å². The van der Waals surface area contributed by atoms with Crippen LogP contribution < -0.4 is 10.6 Å². The number of rotatable bonds is 7. The van der Waals surface area contributed by atoms with Gasteiger partial charge in [0.15, 0.2) is 5.82 Å². The van der Waals surface area contributed by atoms with E-state index in [1.54, 1.807) is 14.2 Å². The van der Waals surface area contributed by atoms with Crippen molar-refractivity contribution in [2.24, 2.45) is 13.0 Å². The first kappa shape index (κ1) is 25.1. The molecule has 2 N–H and O–H groups in total. The maximum absolute atomic E-state index is 13.9. The molecule has 0 radical (unpaired) electrons. The molecule has 0 aliphatic heterocycles.